The number of aliphatic hydroxyl groups is 1. The number of halogens is 3. The molecule has 96 valence electrons. The van der Waals surface area contributed by atoms with E-state index in [2.05, 4.69) is 0 Å². The molecule has 0 aliphatic heterocycles. The fourth-order valence-corrected chi connectivity index (χ4v) is 2.86. The zero-order chi connectivity index (χ0) is 13.3. The van der Waals surface area contributed by atoms with Crippen molar-refractivity contribution in [3.63, 3.8) is 0 Å². The Morgan fingerprint density at radius 1 is 1.33 bits per heavy atom. The Hall–Kier alpha value is -1.33. The van der Waals surface area contributed by atoms with Crippen LogP contribution in [0.15, 0.2) is 24.3 Å². The summed E-state index contributed by atoms with van der Waals surface area (Å²) in [7, 11) is 0. The predicted molar refractivity (Wildman–Crippen MR) is 67.7 cm³/mol. The molecule has 1 aromatic carbocycles. The Bertz CT molecular complexity index is 596. The summed E-state index contributed by atoms with van der Waals surface area (Å²) < 4.78 is 38.7. The van der Waals surface area contributed by atoms with Gasteiger partial charge in [0.15, 0.2) is 0 Å². The van der Waals surface area contributed by atoms with Crippen LogP contribution in [0.4, 0.5) is 13.2 Å². The van der Waals surface area contributed by atoms with Crippen LogP contribution in [0.2, 0.25) is 0 Å². The van der Waals surface area contributed by atoms with Gasteiger partial charge in [0.25, 0.3) is 0 Å². The van der Waals surface area contributed by atoms with Gasteiger partial charge in [-0.1, -0.05) is 6.08 Å². The molecule has 18 heavy (non-hydrogen) atoms. The molecule has 5 heteroatoms. The molecule has 0 unspecified atom stereocenters. The minimum absolute atomic E-state index is 0.0819. The van der Waals surface area contributed by atoms with Crippen molar-refractivity contribution in [3.05, 3.63) is 40.3 Å². The molecule has 0 aliphatic carbocycles. The summed E-state index contributed by atoms with van der Waals surface area (Å²) in [6.07, 6.45) is -1.01. The third-order valence-electron chi connectivity index (χ3n) is 2.68. The van der Waals surface area contributed by atoms with Crippen LogP contribution in [0.5, 0.6) is 0 Å². The van der Waals surface area contributed by atoms with Crippen LogP contribution in [-0.2, 0) is 6.18 Å². The van der Waals surface area contributed by atoms with E-state index in [1.54, 1.807) is 19.1 Å². The van der Waals surface area contributed by atoms with Gasteiger partial charge < -0.3 is 5.11 Å². The lowest BCUT2D eigenvalue weighted by molar-refractivity contribution is -0.137. The summed E-state index contributed by atoms with van der Waals surface area (Å²) in [5.41, 5.74) is 0.180. The topological polar surface area (TPSA) is 20.2 Å². The minimum Gasteiger partial charge on any atom is -0.392 e. The summed E-state index contributed by atoms with van der Waals surface area (Å²) in [6, 6.07) is 3.77. The highest BCUT2D eigenvalue weighted by atomic mass is 32.1. The molecule has 0 atom stereocenters. The van der Waals surface area contributed by atoms with E-state index in [1.807, 2.05) is 0 Å². The molecular formula is C13H11F3OS. The second-order valence-electron chi connectivity index (χ2n) is 3.88. The highest BCUT2D eigenvalue weighted by Crippen LogP contribution is 2.36. The number of hydrogen-bond acceptors (Lipinski definition) is 2. The van der Waals surface area contributed by atoms with Crippen LogP contribution in [-0.4, -0.2) is 11.7 Å². The summed E-state index contributed by atoms with van der Waals surface area (Å²) in [5, 5.41) is 9.33. The quantitative estimate of drug-likeness (QED) is 0.867. The van der Waals surface area contributed by atoms with Gasteiger partial charge in [-0.15, -0.1) is 11.3 Å². The van der Waals surface area contributed by atoms with Crippen molar-refractivity contribution in [2.24, 2.45) is 0 Å². The standard InChI is InChI=1S/C13H11F3OS/c1-8-10-7-9(13(14,15)16)4-5-12(10)18-11(8)3-2-6-17/h2-5,7,17H,6H2,1H3/b3-2+. The first kappa shape index (κ1) is 13.1. The SMILES string of the molecule is Cc1c(/C=C/CO)sc2ccc(C(F)(F)F)cc12. The fraction of sp³-hybridized carbons (Fsp3) is 0.231. The van der Waals surface area contributed by atoms with Crippen LogP contribution >= 0.6 is 11.3 Å². The van der Waals surface area contributed by atoms with Crippen molar-refractivity contribution in [3.8, 4) is 0 Å². The molecule has 0 radical (unpaired) electrons. The van der Waals surface area contributed by atoms with Crippen molar-refractivity contribution in [2.75, 3.05) is 6.61 Å². The molecule has 0 saturated heterocycles. The normalized spacial score (nSPS) is 12.7. The second-order valence-corrected chi connectivity index (χ2v) is 4.97. The van der Waals surface area contributed by atoms with E-state index < -0.39 is 11.7 Å². The third kappa shape index (κ3) is 2.42. The molecule has 1 heterocycles. The van der Waals surface area contributed by atoms with Crippen LogP contribution in [0.3, 0.4) is 0 Å². The molecular weight excluding hydrogens is 261 g/mol. The maximum absolute atomic E-state index is 12.6. The summed E-state index contributed by atoms with van der Waals surface area (Å²) >= 11 is 1.42. The number of aliphatic hydroxyl groups excluding tert-OH is 1. The average molecular weight is 272 g/mol. The molecule has 0 saturated carbocycles. The number of hydrogen-bond donors (Lipinski definition) is 1. The van der Waals surface area contributed by atoms with Gasteiger partial charge >= 0.3 is 6.18 Å². The zero-order valence-corrected chi connectivity index (χ0v) is 10.4. The van der Waals surface area contributed by atoms with Crippen LogP contribution in [0, 0.1) is 6.92 Å². The predicted octanol–water partition coefficient (Wildman–Crippen LogP) is 4.23. The van der Waals surface area contributed by atoms with Gasteiger partial charge in [-0.25, -0.2) is 0 Å². The molecule has 2 aromatic rings. The van der Waals surface area contributed by atoms with E-state index >= 15 is 0 Å². The average Bonchev–Trinajstić information content (AvgIpc) is 2.62. The number of alkyl halides is 3. The van der Waals surface area contributed by atoms with E-state index in [-0.39, 0.29) is 6.61 Å². The molecule has 0 amide bonds. The smallest absolute Gasteiger partial charge is 0.392 e. The van der Waals surface area contributed by atoms with Gasteiger partial charge in [0.05, 0.1) is 12.2 Å². The number of benzene rings is 1. The molecule has 0 spiro atoms. The van der Waals surface area contributed by atoms with Gasteiger partial charge in [-0.3, -0.25) is 0 Å². The number of thiophene rings is 1. The molecule has 0 aliphatic rings. The Balaban J connectivity index is 2.57. The van der Waals surface area contributed by atoms with Gasteiger partial charge in [-0.2, -0.15) is 13.2 Å². The number of aryl methyl sites for hydroxylation is 1. The van der Waals surface area contributed by atoms with Crippen molar-refractivity contribution in [1.82, 2.24) is 0 Å². The Labute approximate surface area is 106 Å². The first-order valence-electron chi connectivity index (χ1n) is 5.31. The first-order chi connectivity index (χ1) is 8.43. The van der Waals surface area contributed by atoms with Gasteiger partial charge in [0.2, 0.25) is 0 Å². The van der Waals surface area contributed by atoms with Crippen molar-refractivity contribution in [2.45, 2.75) is 13.1 Å². The summed E-state index contributed by atoms with van der Waals surface area (Å²) in [6.45, 7) is 1.71. The van der Waals surface area contributed by atoms with E-state index in [0.717, 1.165) is 21.2 Å². The maximum Gasteiger partial charge on any atom is 0.416 e. The van der Waals surface area contributed by atoms with Crippen molar-refractivity contribution >= 4 is 27.5 Å². The highest BCUT2D eigenvalue weighted by molar-refractivity contribution is 7.20. The summed E-state index contributed by atoms with van der Waals surface area (Å²) in [4.78, 5) is 0.873. The zero-order valence-electron chi connectivity index (χ0n) is 9.58. The second kappa shape index (κ2) is 4.74. The molecule has 1 N–H and O–H groups in total. The monoisotopic (exact) mass is 272 g/mol. The van der Waals surface area contributed by atoms with Crippen molar-refractivity contribution in [1.29, 1.82) is 0 Å². The van der Waals surface area contributed by atoms with Crippen LogP contribution in [0.1, 0.15) is 16.0 Å². The Morgan fingerprint density at radius 2 is 2.06 bits per heavy atom. The number of rotatable bonds is 2. The molecule has 0 fully saturated rings. The van der Waals surface area contributed by atoms with Gasteiger partial charge in [-0.05, 0) is 42.1 Å². The number of fused-ring (bicyclic) bond motifs is 1. The minimum atomic E-state index is -4.32. The lowest BCUT2D eigenvalue weighted by atomic mass is 10.1. The Kier molecular flexibility index (Phi) is 3.45. The largest absolute Gasteiger partial charge is 0.416 e. The lowest BCUT2D eigenvalue weighted by Gasteiger charge is -2.06. The fourth-order valence-electron chi connectivity index (χ4n) is 1.73. The van der Waals surface area contributed by atoms with Crippen LogP contribution < -0.4 is 0 Å². The third-order valence-corrected chi connectivity index (χ3v) is 3.91. The van der Waals surface area contributed by atoms with Crippen LogP contribution in [0.25, 0.3) is 16.2 Å². The molecule has 1 aromatic heterocycles. The van der Waals surface area contributed by atoms with Crippen molar-refractivity contribution < 1.29 is 18.3 Å². The molecule has 2 rings (SSSR count). The molecule has 1 nitrogen and oxygen atoms in total. The highest BCUT2D eigenvalue weighted by Gasteiger charge is 2.30. The lowest BCUT2D eigenvalue weighted by Crippen LogP contribution is -2.03. The van der Waals surface area contributed by atoms with Gasteiger partial charge in [0, 0.05) is 9.58 Å². The van der Waals surface area contributed by atoms with E-state index in [0.29, 0.717) is 5.39 Å². The maximum atomic E-state index is 12.6. The first-order valence-corrected chi connectivity index (χ1v) is 6.13. The molecule has 0 bridgehead atoms. The van der Waals surface area contributed by atoms with E-state index in [9.17, 15) is 13.2 Å². The van der Waals surface area contributed by atoms with Gasteiger partial charge in [0.1, 0.15) is 0 Å². The Morgan fingerprint density at radius 3 is 2.67 bits per heavy atom. The van der Waals surface area contributed by atoms with E-state index in [1.165, 1.54) is 23.5 Å². The van der Waals surface area contributed by atoms with E-state index in [4.69, 9.17) is 5.11 Å². The summed E-state index contributed by atoms with van der Waals surface area (Å²) in [5.74, 6) is 0.